The van der Waals surface area contributed by atoms with Crippen molar-refractivity contribution in [1.29, 1.82) is 5.26 Å². The third-order valence-corrected chi connectivity index (χ3v) is 4.13. The molecular formula is C20H19FN4. The number of benzene rings is 1. The molecule has 0 spiro atoms. The first kappa shape index (κ1) is 17.0. The first-order chi connectivity index (χ1) is 12.0. The molecule has 2 heterocycles. The van der Waals surface area contributed by atoms with Crippen molar-refractivity contribution in [1.82, 2.24) is 9.97 Å². The van der Waals surface area contributed by atoms with E-state index in [2.05, 4.69) is 29.9 Å². The minimum atomic E-state index is -0.459. The number of aromatic nitrogens is 2. The van der Waals surface area contributed by atoms with Gasteiger partial charge in [0.1, 0.15) is 11.3 Å². The number of hydrogen-bond acceptors (Lipinski definition) is 4. The summed E-state index contributed by atoms with van der Waals surface area (Å²) in [5, 5.41) is 10.0. The van der Waals surface area contributed by atoms with E-state index >= 15 is 0 Å². The monoisotopic (exact) mass is 334 g/mol. The van der Waals surface area contributed by atoms with E-state index in [0.29, 0.717) is 28.1 Å². The van der Waals surface area contributed by atoms with Crippen LogP contribution in [0.4, 0.5) is 4.39 Å². The molecule has 2 aromatic heterocycles. The second-order valence-corrected chi connectivity index (χ2v) is 6.53. The number of fused-ring (bicyclic) bond motifs is 1. The van der Waals surface area contributed by atoms with Crippen molar-refractivity contribution in [3.8, 4) is 17.2 Å². The Bertz CT molecular complexity index is 945. The quantitative estimate of drug-likeness (QED) is 0.769. The van der Waals surface area contributed by atoms with Crippen molar-refractivity contribution >= 4 is 10.9 Å². The number of nitriles is 1. The SMILES string of the molecule is CC(C)CC(N)c1cc(C#N)c2cc(-c3ccncc3)cc(F)c2n1. The van der Waals surface area contributed by atoms with E-state index in [1.165, 1.54) is 6.07 Å². The molecule has 0 bridgehead atoms. The van der Waals surface area contributed by atoms with Gasteiger partial charge in [0.2, 0.25) is 0 Å². The van der Waals surface area contributed by atoms with Crippen LogP contribution in [0, 0.1) is 23.1 Å². The summed E-state index contributed by atoms with van der Waals surface area (Å²) in [6, 6.07) is 10.3. The summed E-state index contributed by atoms with van der Waals surface area (Å²) in [4.78, 5) is 8.38. The molecule has 126 valence electrons. The zero-order valence-corrected chi connectivity index (χ0v) is 14.2. The van der Waals surface area contributed by atoms with Crippen molar-refractivity contribution in [2.75, 3.05) is 0 Å². The standard InChI is InChI=1S/C20H19FN4/c1-12(2)7-18(23)19-10-15(11-22)16-8-14(9-17(21)20(16)25-19)13-3-5-24-6-4-13/h3-6,8-10,12,18H,7,23H2,1-2H3. The fourth-order valence-electron chi connectivity index (χ4n) is 2.93. The molecule has 0 amide bonds. The Morgan fingerprint density at radius 2 is 1.88 bits per heavy atom. The van der Waals surface area contributed by atoms with Gasteiger partial charge in [0.25, 0.3) is 0 Å². The smallest absolute Gasteiger partial charge is 0.150 e. The molecule has 0 fully saturated rings. The molecule has 3 aromatic rings. The highest BCUT2D eigenvalue weighted by Gasteiger charge is 2.16. The van der Waals surface area contributed by atoms with Crippen LogP contribution in [-0.4, -0.2) is 9.97 Å². The Hall–Kier alpha value is -2.84. The summed E-state index contributed by atoms with van der Waals surface area (Å²) >= 11 is 0. The van der Waals surface area contributed by atoms with E-state index in [1.807, 2.05) is 0 Å². The van der Waals surface area contributed by atoms with Gasteiger partial charge in [0, 0.05) is 23.8 Å². The molecule has 1 unspecified atom stereocenters. The maximum Gasteiger partial charge on any atom is 0.150 e. The summed E-state index contributed by atoms with van der Waals surface area (Å²) in [6.07, 6.45) is 4.02. The van der Waals surface area contributed by atoms with Gasteiger partial charge >= 0.3 is 0 Å². The topological polar surface area (TPSA) is 75.6 Å². The van der Waals surface area contributed by atoms with Crippen LogP contribution in [0.2, 0.25) is 0 Å². The molecule has 0 aliphatic rings. The largest absolute Gasteiger partial charge is 0.323 e. The molecule has 0 aliphatic carbocycles. The molecule has 0 aliphatic heterocycles. The highest BCUT2D eigenvalue weighted by molar-refractivity contribution is 5.89. The number of nitrogens with zero attached hydrogens (tertiary/aromatic N) is 3. The molecule has 5 heteroatoms. The molecule has 25 heavy (non-hydrogen) atoms. The highest BCUT2D eigenvalue weighted by Crippen LogP contribution is 2.30. The number of hydrogen-bond donors (Lipinski definition) is 1. The average molecular weight is 334 g/mol. The number of pyridine rings is 2. The number of rotatable bonds is 4. The Balaban J connectivity index is 2.18. The second kappa shape index (κ2) is 6.96. The predicted molar refractivity (Wildman–Crippen MR) is 96.0 cm³/mol. The maximum atomic E-state index is 14.7. The van der Waals surface area contributed by atoms with Crippen LogP contribution in [0.1, 0.15) is 37.6 Å². The van der Waals surface area contributed by atoms with E-state index < -0.39 is 5.82 Å². The lowest BCUT2D eigenvalue weighted by Crippen LogP contribution is -2.15. The van der Waals surface area contributed by atoms with E-state index in [0.717, 1.165) is 12.0 Å². The lowest BCUT2D eigenvalue weighted by Gasteiger charge is -2.15. The lowest BCUT2D eigenvalue weighted by atomic mass is 9.97. The zero-order valence-electron chi connectivity index (χ0n) is 14.2. The molecule has 4 nitrogen and oxygen atoms in total. The third-order valence-electron chi connectivity index (χ3n) is 4.13. The summed E-state index contributed by atoms with van der Waals surface area (Å²) in [6.45, 7) is 4.13. The van der Waals surface area contributed by atoms with E-state index in [1.54, 1.807) is 36.7 Å². The molecule has 1 atom stereocenters. The van der Waals surface area contributed by atoms with Crippen LogP contribution in [0.5, 0.6) is 0 Å². The lowest BCUT2D eigenvalue weighted by molar-refractivity contribution is 0.502. The van der Waals surface area contributed by atoms with Crippen molar-refractivity contribution in [2.45, 2.75) is 26.3 Å². The van der Waals surface area contributed by atoms with Crippen LogP contribution in [0.3, 0.4) is 0 Å². The van der Waals surface area contributed by atoms with Gasteiger partial charge < -0.3 is 5.73 Å². The minimum Gasteiger partial charge on any atom is -0.323 e. The van der Waals surface area contributed by atoms with Gasteiger partial charge in [0.15, 0.2) is 0 Å². The van der Waals surface area contributed by atoms with Crippen LogP contribution in [-0.2, 0) is 0 Å². The molecule has 3 rings (SSSR count). The molecule has 0 radical (unpaired) electrons. The summed E-state index contributed by atoms with van der Waals surface area (Å²) in [5.74, 6) is -0.0728. The first-order valence-corrected chi connectivity index (χ1v) is 8.20. The van der Waals surface area contributed by atoms with Gasteiger partial charge in [-0.05, 0) is 53.8 Å². The van der Waals surface area contributed by atoms with Gasteiger partial charge in [-0.15, -0.1) is 0 Å². The third kappa shape index (κ3) is 3.49. The van der Waals surface area contributed by atoms with Crippen LogP contribution < -0.4 is 5.73 Å². The van der Waals surface area contributed by atoms with Crippen molar-refractivity contribution in [3.63, 3.8) is 0 Å². The van der Waals surface area contributed by atoms with Crippen molar-refractivity contribution in [2.24, 2.45) is 11.7 Å². The maximum absolute atomic E-state index is 14.7. The highest BCUT2D eigenvalue weighted by atomic mass is 19.1. The summed E-state index contributed by atoms with van der Waals surface area (Å²) in [5.41, 5.74) is 8.82. The van der Waals surface area contributed by atoms with Gasteiger partial charge in [-0.3, -0.25) is 4.98 Å². The molecule has 0 saturated carbocycles. The molecular weight excluding hydrogens is 315 g/mol. The normalized spacial score (nSPS) is 12.3. The van der Waals surface area contributed by atoms with Gasteiger partial charge in [-0.1, -0.05) is 13.8 Å². The van der Waals surface area contributed by atoms with Gasteiger partial charge in [-0.25, -0.2) is 9.37 Å². The van der Waals surface area contributed by atoms with Crippen molar-refractivity contribution < 1.29 is 4.39 Å². The number of halogens is 1. The number of nitrogens with two attached hydrogens (primary N) is 1. The fourth-order valence-corrected chi connectivity index (χ4v) is 2.93. The van der Waals surface area contributed by atoms with E-state index in [4.69, 9.17) is 5.73 Å². The van der Waals surface area contributed by atoms with Gasteiger partial charge in [0.05, 0.1) is 17.3 Å². The van der Waals surface area contributed by atoms with Crippen LogP contribution in [0.15, 0.2) is 42.7 Å². The first-order valence-electron chi connectivity index (χ1n) is 8.20. The van der Waals surface area contributed by atoms with Crippen molar-refractivity contribution in [3.05, 3.63) is 59.8 Å². The summed E-state index contributed by atoms with van der Waals surface area (Å²) in [7, 11) is 0. The Kier molecular flexibility index (Phi) is 4.73. The Morgan fingerprint density at radius 1 is 1.16 bits per heavy atom. The molecule has 0 saturated heterocycles. The van der Waals surface area contributed by atoms with E-state index in [-0.39, 0.29) is 11.6 Å². The van der Waals surface area contributed by atoms with Crippen LogP contribution >= 0.6 is 0 Å². The predicted octanol–water partition coefficient (Wildman–Crippen LogP) is 4.35. The Labute approximate surface area is 146 Å². The zero-order chi connectivity index (χ0) is 18.0. The molecule has 2 N–H and O–H groups in total. The Morgan fingerprint density at radius 3 is 2.52 bits per heavy atom. The second-order valence-electron chi connectivity index (χ2n) is 6.53. The molecule has 1 aromatic carbocycles. The van der Waals surface area contributed by atoms with Crippen LogP contribution in [0.25, 0.3) is 22.0 Å². The average Bonchev–Trinajstić information content (AvgIpc) is 2.61. The van der Waals surface area contributed by atoms with E-state index in [9.17, 15) is 9.65 Å². The minimum absolute atomic E-state index is 0.186. The fraction of sp³-hybridized carbons (Fsp3) is 0.250. The van der Waals surface area contributed by atoms with Gasteiger partial charge in [-0.2, -0.15) is 5.26 Å². The summed E-state index contributed by atoms with van der Waals surface area (Å²) < 4.78 is 14.7.